The lowest BCUT2D eigenvalue weighted by Gasteiger charge is -2.06. The summed E-state index contributed by atoms with van der Waals surface area (Å²) in [4.78, 5) is 8.12. The molecule has 0 atom stereocenters. The molecule has 3 heteroatoms. The topological polar surface area (TPSA) is 51.8 Å². The van der Waals surface area contributed by atoms with Gasteiger partial charge in [-0.1, -0.05) is 19.9 Å². The van der Waals surface area contributed by atoms with Crippen LogP contribution < -0.4 is 5.73 Å². The van der Waals surface area contributed by atoms with Gasteiger partial charge in [-0.15, -0.1) is 0 Å². The van der Waals surface area contributed by atoms with E-state index in [1.54, 1.807) is 6.20 Å². The van der Waals surface area contributed by atoms with Crippen molar-refractivity contribution in [3.8, 4) is 0 Å². The molecule has 1 aromatic carbocycles. The normalized spacial score (nSPS) is 11.1. The summed E-state index contributed by atoms with van der Waals surface area (Å²) in [6, 6.07) is 6.18. The molecule has 0 radical (unpaired) electrons. The molecule has 0 saturated heterocycles. The van der Waals surface area contributed by atoms with Crippen molar-refractivity contribution >= 4 is 16.9 Å². The highest BCUT2D eigenvalue weighted by Crippen LogP contribution is 2.19. The Bertz CT molecular complexity index is 463. The van der Waals surface area contributed by atoms with Crippen LogP contribution in [0.25, 0.3) is 10.9 Å². The maximum atomic E-state index is 5.50. The number of hydrogen-bond acceptors (Lipinski definition) is 3. The molecule has 0 aliphatic rings. The first-order valence-corrected chi connectivity index (χ1v) is 4.69. The zero-order valence-electron chi connectivity index (χ0n) is 8.36. The molecule has 2 aromatic rings. The van der Waals surface area contributed by atoms with Crippen LogP contribution in [-0.4, -0.2) is 9.97 Å². The summed E-state index contributed by atoms with van der Waals surface area (Å²) in [6.45, 7) is 4.33. The highest BCUT2D eigenvalue weighted by Gasteiger charge is 2.01. The molecular weight excluding hydrogens is 174 g/mol. The van der Waals surface area contributed by atoms with E-state index in [0.717, 1.165) is 10.9 Å². The Morgan fingerprint density at radius 1 is 1.29 bits per heavy atom. The lowest BCUT2D eigenvalue weighted by atomic mass is 10.0. The van der Waals surface area contributed by atoms with Gasteiger partial charge in [-0.2, -0.15) is 0 Å². The van der Waals surface area contributed by atoms with Crippen molar-refractivity contribution in [1.82, 2.24) is 9.97 Å². The van der Waals surface area contributed by atoms with Crippen molar-refractivity contribution in [3.63, 3.8) is 0 Å². The van der Waals surface area contributed by atoms with Gasteiger partial charge in [-0.05, 0) is 23.6 Å². The molecule has 1 heterocycles. The number of fused-ring (bicyclic) bond motifs is 1. The second-order valence-corrected chi connectivity index (χ2v) is 3.70. The Morgan fingerprint density at radius 2 is 2.07 bits per heavy atom. The lowest BCUT2D eigenvalue weighted by Crippen LogP contribution is -1.95. The molecule has 14 heavy (non-hydrogen) atoms. The fourth-order valence-electron chi connectivity index (χ4n) is 1.43. The summed E-state index contributed by atoms with van der Waals surface area (Å²) in [5.41, 5.74) is 7.70. The van der Waals surface area contributed by atoms with Crippen molar-refractivity contribution < 1.29 is 0 Å². The van der Waals surface area contributed by atoms with Gasteiger partial charge in [0.2, 0.25) is 5.95 Å². The molecular formula is C11H13N3. The van der Waals surface area contributed by atoms with Crippen molar-refractivity contribution in [2.45, 2.75) is 19.8 Å². The first kappa shape index (κ1) is 8.94. The Balaban J connectivity index is 2.62. The van der Waals surface area contributed by atoms with Crippen LogP contribution in [-0.2, 0) is 0 Å². The zero-order valence-corrected chi connectivity index (χ0v) is 8.36. The molecule has 0 spiro atoms. The predicted octanol–water partition coefficient (Wildman–Crippen LogP) is 2.34. The molecule has 0 amide bonds. The fraction of sp³-hybridized carbons (Fsp3) is 0.273. The minimum atomic E-state index is 0.329. The number of nitrogen functional groups attached to an aromatic ring is 1. The molecule has 0 aliphatic carbocycles. The fourth-order valence-corrected chi connectivity index (χ4v) is 1.43. The monoisotopic (exact) mass is 187 g/mol. The number of nitrogens with zero attached hydrogens (tertiary/aromatic N) is 2. The maximum absolute atomic E-state index is 5.50. The first-order chi connectivity index (χ1) is 6.66. The predicted molar refractivity (Wildman–Crippen MR) is 58.0 cm³/mol. The van der Waals surface area contributed by atoms with Crippen LogP contribution in [0.5, 0.6) is 0 Å². The maximum Gasteiger partial charge on any atom is 0.220 e. The highest BCUT2D eigenvalue weighted by atomic mass is 15.0. The summed E-state index contributed by atoms with van der Waals surface area (Å²) in [5.74, 6) is 0.853. The molecule has 0 saturated carbocycles. The third kappa shape index (κ3) is 1.53. The van der Waals surface area contributed by atoms with Gasteiger partial charge >= 0.3 is 0 Å². The van der Waals surface area contributed by atoms with Crippen LogP contribution in [0.3, 0.4) is 0 Å². The Morgan fingerprint density at radius 3 is 2.79 bits per heavy atom. The van der Waals surface area contributed by atoms with Crippen LogP contribution >= 0.6 is 0 Å². The minimum Gasteiger partial charge on any atom is -0.368 e. The number of anilines is 1. The van der Waals surface area contributed by atoms with Gasteiger partial charge in [0.05, 0.1) is 5.52 Å². The van der Waals surface area contributed by atoms with Crippen molar-refractivity contribution in [2.24, 2.45) is 0 Å². The largest absolute Gasteiger partial charge is 0.368 e. The van der Waals surface area contributed by atoms with Crippen molar-refractivity contribution in [2.75, 3.05) is 5.73 Å². The van der Waals surface area contributed by atoms with Crippen molar-refractivity contribution in [3.05, 3.63) is 30.0 Å². The average molecular weight is 187 g/mol. The van der Waals surface area contributed by atoms with Gasteiger partial charge in [0.1, 0.15) is 0 Å². The van der Waals surface area contributed by atoms with Gasteiger partial charge in [0, 0.05) is 11.6 Å². The van der Waals surface area contributed by atoms with Crippen LogP contribution in [0, 0.1) is 0 Å². The van der Waals surface area contributed by atoms with Gasteiger partial charge in [0.15, 0.2) is 0 Å². The second kappa shape index (κ2) is 3.25. The van der Waals surface area contributed by atoms with Crippen LogP contribution in [0.2, 0.25) is 0 Å². The molecule has 3 nitrogen and oxygen atoms in total. The summed E-state index contributed by atoms with van der Waals surface area (Å²) >= 11 is 0. The zero-order chi connectivity index (χ0) is 10.1. The smallest absolute Gasteiger partial charge is 0.220 e. The lowest BCUT2D eigenvalue weighted by molar-refractivity contribution is 0.868. The standard InChI is InChI=1S/C11H13N3/c1-7(2)8-3-4-10-9(5-8)6-13-11(12)14-10/h3-7H,1-2H3,(H2,12,13,14). The number of hydrogen-bond donors (Lipinski definition) is 1. The van der Waals surface area contributed by atoms with E-state index in [4.69, 9.17) is 5.73 Å². The molecule has 0 bridgehead atoms. The molecule has 0 fully saturated rings. The Labute approximate surface area is 83.0 Å². The quantitative estimate of drug-likeness (QED) is 0.745. The molecule has 72 valence electrons. The van der Waals surface area contributed by atoms with E-state index in [-0.39, 0.29) is 0 Å². The summed E-state index contributed by atoms with van der Waals surface area (Å²) in [7, 11) is 0. The molecule has 1 aromatic heterocycles. The van der Waals surface area contributed by atoms with E-state index in [1.165, 1.54) is 5.56 Å². The Kier molecular flexibility index (Phi) is 2.08. The summed E-state index contributed by atoms with van der Waals surface area (Å²) in [6.07, 6.45) is 1.77. The van der Waals surface area contributed by atoms with Gasteiger partial charge in [-0.25, -0.2) is 9.97 Å². The van der Waals surface area contributed by atoms with E-state index in [2.05, 4.69) is 35.9 Å². The third-order valence-corrected chi connectivity index (χ3v) is 2.29. The Hall–Kier alpha value is -1.64. The molecule has 2 N–H and O–H groups in total. The van der Waals surface area contributed by atoms with E-state index < -0.39 is 0 Å². The van der Waals surface area contributed by atoms with Gasteiger partial charge in [0.25, 0.3) is 0 Å². The van der Waals surface area contributed by atoms with Gasteiger partial charge < -0.3 is 5.73 Å². The SMILES string of the molecule is CC(C)c1ccc2nc(N)ncc2c1. The van der Waals surface area contributed by atoms with Crippen LogP contribution in [0.15, 0.2) is 24.4 Å². The molecule has 0 aliphatic heterocycles. The highest BCUT2D eigenvalue weighted by molar-refractivity contribution is 5.79. The van der Waals surface area contributed by atoms with E-state index in [1.807, 2.05) is 6.07 Å². The van der Waals surface area contributed by atoms with Gasteiger partial charge in [-0.3, -0.25) is 0 Å². The van der Waals surface area contributed by atoms with E-state index in [0.29, 0.717) is 11.9 Å². The number of nitrogens with two attached hydrogens (primary N) is 1. The average Bonchev–Trinajstić information content (AvgIpc) is 2.16. The number of aromatic nitrogens is 2. The molecule has 2 rings (SSSR count). The summed E-state index contributed by atoms with van der Waals surface area (Å²) < 4.78 is 0. The third-order valence-electron chi connectivity index (χ3n) is 2.29. The first-order valence-electron chi connectivity index (χ1n) is 4.69. The van der Waals surface area contributed by atoms with E-state index in [9.17, 15) is 0 Å². The number of benzene rings is 1. The van der Waals surface area contributed by atoms with E-state index >= 15 is 0 Å². The van der Waals surface area contributed by atoms with Crippen LogP contribution in [0.1, 0.15) is 25.3 Å². The second-order valence-electron chi connectivity index (χ2n) is 3.70. The number of rotatable bonds is 1. The minimum absolute atomic E-state index is 0.329. The molecule has 0 unspecified atom stereocenters. The summed E-state index contributed by atoms with van der Waals surface area (Å²) in [5, 5.41) is 1.05. The van der Waals surface area contributed by atoms with Crippen LogP contribution in [0.4, 0.5) is 5.95 Å². The van der Waals surface area contributed by atoms with Crippen molar-refractivity contribution in [1.29, 1.82) is 0 Å².